The average Bonchev–Trinajstić information content (AvgIpc) is 3.58. The monoisotopic (exact) mass is 471 g/mol. The van der Waals surface area contributed by atoms with Crippen molar-refractivity contribution in [3.05, 3.63) is 102 Å². The fraction of sp³-hybridized carbons (Fsp3) is 0.222. The van der Waals surface area contributed by atoms with Gasteiger partial charge in [-0.1, -0.05) is 12.1 Å². The molecule has 0 atom stereocenters. The van der Waals surface area contributed by atoms with Gasteiger partial charge in [0.05, 0.1) is 11.9 Å². The summed E-state index contributed by atoms with van der Waals surface area (Å²) in [5, 5.41) is 7.35. The highest BCUT2D eigenvalue weighted by atomic mass is 19.1. The van der Waals surface area contributed by atoms with Crippen LogP contribution in [0.25, 0.3) is 11.5 Å². The molecule has 0 bridgehead atoms. The van der Waals surface area contributed by atoms with Crippen molar-refractivity contribution in [2.24, 2.45) is 0 Å². The molecule has 1 aliphatic heterocycles. The van der Waals surface area contributed by atoms with Crippen molar-refractivity contribution in [1.29, 1.82) is 0 Å². The highest BCUT2D eigenvalue weighted by Crippen LogP contribution is 2.21. The fourth-order valence-electron chi connectivity index (χ4n) is 4.37. The second-order valence-electron chi connectivity index (χ2n) is 8.60. The minimum atomic E-state index is -0.345. The van der Waals surface area contributed by atoms with Crippen LogP contribution in [0.3, 0.4) is 0 Å². The first-order chi connectivity index (χ1) is 17.1. The van der Waals surface area contributed by atoms with Crippen LogP contribution >= 0.6 is 0 Å². The van der Waals surface area contributed by atoms with Gasteiger partial charge in [0.1, 0.15) is 11.4 Å². The first-order valence-corrected chi connectivity index (χ1v) is 11.7. The summed E-state index contributed by atoms with van der Waals surface area (Å²) in [6.45, 7) is 1.85. The molecule has 4 aromatic rings. The molecule has 1 saturated heterocycles. The van der Waals surface area contributed by atoms with Gasteiger partial charge in [-0.15, -0.1) is 0 Å². The molecule has 0 saturated carbocycles. The quantitative estimate of drug-likeness (QED) is 0.454. The van der Waals surface area contributed by atoms with Gasteiger partial charge in [-0.3, -0.25) is 9.59 Å². The maximum Gasteiger partial charge on any atom is 0.256 e. The molecule has 1 N–H and O–H groups in total. The Kier molecular flexibility index (Phi) is 6.43. The number of hydrogen-bond acceptors (Lipinski definition) is 3. The first-order valence-electron chi connectivity index (χ1n) is 11.7. The van der Waals surface area contributed by atoms with E-state index in [0.717, 1.165) is 31.5 Å². The van der Waals surface area contributed by atoms with Gasteiger partial charge >= 0.3 is 0 Å². The number of likely N-dealkylation sites (tertiary alicyclic amines) is 1. The van der Waals surface area contributed by atoms with E-state index < -0.39 is 0 Å². The van der Waals surface area contributed by atoms with E-state index in [1.165, 1.54) is 24.8 Å². The number of carbonyl (C=O) groups is 2. The van der Waals surface area contributed by atoms with E-state index in [9.17, 15) is 14.0 Å². The van der Waals surface area contributed by atoms with Crippen LogP contribution in [0.2, 0.25) is 0 Å². The van der Waals surface area contributed by atoms with Gasteiger partial charge in [0.2, 0.25) is 0 Å². The maximum absolute atomic E-state index is 13.4. The first kappa shape index (κ1) is 22.6. The summed E-state index contributed by atoms with van der Waals surface area (Å²) in [5.41, 5.74) is 2.50. The van der Waals surface area contributed by atoms with Crippen molar-refractivity contribution in [1.82, 2.24) is 24.6 Å². The molecule has 2 aromatic heterocycles. The number of carbonyl (C=O) groups excluding carboxylic acids is 2. The molecule has 0 unspecified atom stereocenters. The molecule has 0 spiro atoms. The summed E-state index contributed by atoms with van der Waals surface area (Å²) in [5.74, 6) is -0.0568. The lowest BCUT2D eigenvalue weighted by atomic mass is 10.1. The fourth-order valence-corrected chi connectivity index (χ4v) is 4.37. The number of piperidine rings is 1. The van der Waals surface area contributed by atoms with Crippen molar-refractivity contribution in [3.63, 3.8) is 0 Å². The lowest BCUT2D eigenvalue weighted by Crippen LogP contribution is -2.35. The molecule has 178 valence electrons. The van der Waals surface area contributed by atoms with Gasteiger partial charge in [-0.05, 0) is 73.4 Å². The van der Waals surface area contributed by atoms with Gasteiger partial charge in [0.25, 0.3) is 11.8 Å². The van der Waals surface area contributed by atoms with Crippen molar-refractivity contribution >= 4 is 11.8 Å². The van der Waals surface area contributed by atoms with Crippen LogP contribution < -0.4 is 5.32 Å². The Morgan fingerprint density at radius 2 is 1.69 bits per heavy atom. The topological polar surface area (TPSA) is 72.2 Å². The molecular formula is C27H26FN5O2. The molecular weight excluding hydrogens is 445 g/mol. The smallest absolute Gasteiger partial charge is 0.256 e. The van der Waals surface area contributed by atoms with E-state index in [-0.39, 0.29) is 24.2 Å². The van der Waals surface area contributed by atoms with Crippen molar-refractivity contribution in [2.45, 2.75) is 25.8 Å². The summed E-state index contributed by atoms with van der Waals surface area (Å²) in [6, 6.07) is 17.0. The van der Waals surface area contributed by atoms with Gasteiger partial charge < -0.3 is 14.8 Å². The number of rotatable bonds is 6. The third-order valence-corrected chi connectivity index (χ3v) is 6.18. The zero-order chi connectivity index (χ0) is 24.2. The largest absolute Gasteiger partial charge is 0.348 e. The van der Waals surface area contributed by atoms with Crippen LogP contribution in [0.5, 0.6) is 0 Å². The Balaban J connectivity index is 1.35. The highest BCUT2D eigenvalue weighted by molar-refractivity contribution is 5.97. The van der Waals surface area contributed by atoms with Gasteiger partial charge in [0, 0.05) is 37.6 Å². The zero-order valence-corrected chi connectivity index (χ0v) is 19.2. The van der Waals surface area contributed by atoms with E-state index in [0.29, 0.717) is 22.6 Å². The van der Waals surface area contributed by atoms with Crippen LogP contribution in [0.4, 0.5) is 4.39 Å². The highest BCUT2D eigenvalue weighted by Gasteiger charge is 2.21. The van der Waals surface area contributed by atoms with Crippen molar-refractivity contribution in [2.75, 3.05) is 13.1 Å². The molecule has 5 rings (SSSR count). The third-order valence-electron chi connectivity index (χ3n) is 6.18. The number of nitrogens with zero attached hydrogens (tertiary/aromatic N) is 4. The number of benzene rings is 2. The van der Waals surface area contributed by atoms with Gasteiger partial charge in [-0.2, -0.15) is 5.10 Å². The second kappa shape index (κ2) is 9.97. The molecule has 0 aliphatic carbocycles. The number of amides is 2. The van der Waals surface area contributed by atoms with E-state index >= 15 is 0 Å². The Bertz CT molecular complexity index is 1320. The molecule has 2 amide bonds. The minimum absolute atomic E-state index is 0.0355. The van der Waals surface area contributed by atoms with Crippen LogP contribution in [-0.4, -0.2) is 44.2 Å². The molecule has 2 aromatic carbocycles. The molecule has 1 aliphatic rings. The van der Waals surface area contributed by atoms with Crippen molar-refractivity contribution in [3.8, 4) is 11.5 Å². The van der Waals surface area contributed by atoms with Gasteiger partial charge in [-0.25, -0.2) is 9.07 Å². The SMILES string of the molecule is O=C(NCc1cccc(C(=O)N2CCCCC2)c1)c1cnn(-c2ccc(F)cc2)c1-n1cccc1. The molecule has 7 nitrogen and oxygen atoms in total. The summed E-state index contributed by atoms with van der Waals surface area (Å²) in [4.78, 5) is 27.9. The van der Waals surface area contributed by atoms with E-state index in [4.69, 9.17) is 0 Å². The normalized spacial score (nSPS) is 13.6. The lowest BCUT2D eigenvalue weighted by molar-refractivity contribution is 0.0724. The Morgan fingerprint density at radius 1 is 0.943 bits per heavy atom. The van der Waals surface area contributed by atoms with Crippen LogP contribution in [0, 0.1) is 5.82 Å². The van der Waals surface area contributed by atoms with E-state index in [2.05, 4.69) is 10.4 Å². The molecule has 35 heavy (non-hydrogen) atoms. The zero-order valence-electron chi connectivity index (χ0n) is 19.2. The second-order valence-corrected chi connectivity index (χ2v) is 8.60. The predicted molar refractivity (Wildman–Crippen MR) is 130 cm³/mol. The third kappa shape index (κ3) is 4.87. The molecule has 3 heterocycles. The summed E-state index contributed by atoms with van der Waals surface area (Å²) in [7, 11) is 0. The van der Waals surface area contributed by atoms with Crippen LogP contribution in [0.15, 0.2) is 79.3 Å². The Hall–Kier alpha value is -4.20. The van der Waals surface area contributed by atoms with Crippen molar-refractivity contribution < 1.29 is 14.0 Å². The maximum atomic E-state index is 13.4. The van der Waals surface area contributed by atoms with Crippen LogP contribution in [0.1, 0.15) is 45.5 Å². The summed E-state index contributed by atoms with van der Waals surface area (Å²) < 4.78 is 16.8. The number of nitrogens with one attached hydrogen (secondary N) is 1. The standard InChI is InChI=1S/C27H26FN5O2/c28-22-9-11-23(12-10-22)33-26(31-13-4-5-14-31)24(19-30-33)25(34)29-18-20-7-6-8-21(17-20)27(35)32-15-2-1-3-16-32/h4-14,17,19H,1-3,15-16,18H2,(H,29,34). The molecule has 1 fully saturated rings. The lowest BCUT2D eigenvalue weighted by Gasteiger charge is -2.26. The number of halogens is 1. The van der Waals surface area contributed by atoms with Gasteiger partial charge in [0.15, 0.2) is 5.82 Å². The molecule has 0 radical (unpaired) electrons. The van der Waals surface area contributed by atoms with E-state index in [1.54, 1.807) is 21.4 Å². The number of hydrogen-bond donors (Lipinski definition) is 1. The predicted octanol–water partition coefficient (Wildman–Crippen LogP) is 4.36. The Labute approximate surface area is 202 Å². The van der Waals surface area contributed by atoms with E-state index in [1.807, 2.05) is 53.7 Å². The summed E-state index contributed by atoms with van der Waals surface area (Å²) >= 11 is 0. The average molecular weight is 472 g/mol. The van der Waals surface area contributed by atoms with Crippen LogP contribution in [-0.2, 0) is 6.54 Å². The Morgan fingerprint density at radius 3 is 2.43 bits per heavy atom. The molecule has 8 heteroatoms. The summed E-state index contributed by atoms with van der Waals surface area (Å²) in [6.07, 6.45) is 8.39. The number of aromatic nitrogens is 3. The minimum Gasteiger partial charge on any atom is -0.348 e.